The summed E-state index contributed by atoms with van der Waals surface area (Å²) in [5, 5.41) is 9.37. The molecule has 1 atom stereocenters. The number of nitrogens with zero attached hydrogens (tertiary/aromatic N) is 5. The molecule has 5 rings (SSSR count). The fourth-order valence-corrected chi connectivity index (χ4v) is 5.04. The minimum Gasteiger partial charge on any atom is -0.493 e. The van der Waals surface area contributed by atoms with E-state index in [1.807, 2.05) is 24.3 Å². The monoisotopic (exact) mass is 433 g/mol. The number of rotatable bonds is 6. The summed E-state index contributed by atoms with van der Waals surface area (Å²) in [6.07, 6.45) is 3.90. The zero-order chi connectivity index (χ0) is 21.9. The molecule has 2 fully saturated rings. The lowest BCUT2D eigenvalue weighted by molar-refractivity contribution is 0.132. The molecule has 32 heavy (non-hydrogen) atoms. The second kappa shape index (κ2) is 9.20. The normalized spacial score (nSPS) is 18.9. The Morgan fingerprint density at radius 3 is 2.59 bits per heavy atom. The van der Waals surface area contributed by atoms with Gasteiger partial charge >= 0.3 is 0 Å². The average Bonchev–Trinajstić information content (AvgIpc) is 3.26. The highest BCUT2D eigenvalue weighted by molar-refractivity contribution is 5.70. The molecule has 2 aromatic carbocycles. The molecule has 2 aliphatic rings. The highest BCUT2D eigenvalue weighted by Crippen LogP contribution is 2.38. The number of hydrogen-bond acceptors (Lipinski definition) is 6. The van der Waals surface area contributed by atoms with Crippen LogP contribution in [0.1, 0.15) is 24.8 Å². The van der Waals surface area contributed by atoms with Crippen molar-refractivity contribution in [2.24, 2.45) is 0 Å². The van der Waals surface area contributed by atoms with Crippen LogP contribution in [0.15, 0.2) is 48.5 Å². The van der Waals surface area contributed by atoms with Crippen molar-refractivity contribution in [3.8, 4) is 22.9 Å². The van der Waals surface area contributed by atoms with E-state index in [0.29, 0.717) is 24.1 Å². The molecule has 0 amide bonds. The number of hydrogen-bond donors (Lipinski definition) is 0. The van der Waals surface area contributed by atoms with Gasteiger partial charge in [-0.2, -0.15) is 0 Å². The lowest BCUT2D eigenvalue weighted by Crippen LogP contribution is -2.55. The third kappa shape index (κ3) is 3.93. The van der Waals surface area contributed by atoms with Gasteiger partial charge < -0.3 is 14.4 Å². The molecule has 3 heterocycles. The standard InChI is InChI=1S/C25H31N5O2/c1-31-22-13-8-12-21(23(22)32-2)24-26-27-25(30(24)17-19-9-4-3-5-10-19)29-16-15-28-14-7-6-11-20(28)18-29/h3-5,8-10,12-13,20H,6-7,11,14-18H2,1-2H3/t20-/m1/s1. The maximum absolute atomic E-state index is 5.73. The minimum atomic E-state index is 0.606. The van der Waals surface area contributed by atoms with Crippen LogP contribution in [0.5, 0.6) is 11.5 Å². The number of piperazine rings is 1. The van der Waals surface area contributed by atoms with Crippen molar-refractivity contribution in [3.05, 3.63) is 54.1 Å². The van der Waals surface area contributed by atoms with Crippen LogP contribution < -0.4 is 14.4 Å². The van der Waals surface area contributed by atoms with Crippen molar-refractivity contribution in [1.29, 1.82) is 0 Å². The van der Waals surface area contributed by atoms with Crippen LogP contribution in [0.3, 0.4) is 0 Å². The third-order valence-electron chi connectivity index (χ3n) is 6.68. The lowest BCUT2D eigenvalue weighted by Gasteiger charge is -2.44. The third-order valence-corrected chi connectivity index (χ3v) is 6.68. The maximum atomic E-state index is 5.73. The molecule has 7 nitrogen and oxygen atoms in total. The van der Waals surface area contributed by atoms with Crippen LogP contribution in [0.2, 0.25) is 0 Å². The SMILES string of the molecule is COc1cccc(-c2nnc(N3CCN4CCCC[C@@H]4C3)n2Cc2ccccc2)c1OC. The van der Waals surface area contributed by atoms with Crippen LogP contribution in [0.25, 0.3) is 11.4 Å². The van der Waals surface area contributed by atoms with Gasteiger partial charge in [0.2, 0.25) is 5.95 Å². The Bertz CT molecular complexity index is 1050. The number of ether oxygens (including phenoxy) is 2. The summed E-state index contributed by atoms with van der Waals surface area (Å²) >= 11 is 0. The lowest BCUT2D eigenvalue weighted by atomic mass is 10.00. The van der Waals surface area contributed by atoms with E-state index in [2.05, 4.69) is 43.7 Å². The van der Waals surface area contributed by atoms with Gasteiger partial charge in [0, 0.05) is 25.7 Å². The van der Waals surface area contributed by atoms with E-state index in [1.165, 1.54) is 31.4 Å². The summed E-state index contributed by atoms with van der Waals surface area (Å²) in [7, 11) is 3.33. The molecular formula is C25H31N5O2. The van der Waals surface area contributed by atoms with Crippen LogP contribution in [0, 0.1) is 0 Å². The fourth-order valence-electron chi connectivity index (χ4n) is 5.04. The van der Waals surface area contributed by atoms with Gasteiger partial charge in [0.25, 0.3) is 0 Å². The molecule has 2 aliphatic heterocycles. The number of piperidine rings is 1. The molecular weight excluding hydrogens is 402 g/mol. The van der Waals surface area contributed by atoms with Gasteiger partial charge in [-0.15, -0.1) is 10.2 Å². The quantitative estimate of drug-likeness (QED) is 0.591. The summed E-state index contributed by atoms with van der Waals surface area (Å²) in [6, 6.07) is 17.0. The Morgan fingerprint density at radius 1 is 0.906 bits per heavy atom. The van der Waals surface area contributed by atoms with E-state index in [9.17, 15) is 0 Å². The summed E-state index contributed by atoms with van der Waals surface area (Å²) in [5.41, 5.74) is 2.10. The predicted octanol–water partition coefficient (Wildman–Crippen LogP) is 3.69. The summed E-state index contributed by atoms with van der Waals surface area (Å²) in [5.74, 6) is 3.10. The molecule has 3 aromatic rings. The Hall–Kier alpha value is -3.06. The minimum absolute atomic E-state index is 0.606. The van der Waals surface area contributed by atoms with E-state index in [4.69, 9.17) is 14.6 Å². The van der Waals surface area contributed by atoms with Crippen LogP contribution in [0.4, 0.5) is 5.95 Å². The molecule has 0 N–H and O–H groups in total. The summed E-state index contributed by atoms with van der Waals surface area (Å²) < 4.78 is 13.5. The molecule has 0 aliphatic carbocycles. The second-order valence-electron chi connectivity index (χ2n) is 8.57. The molecule has 1 aromatic heterocycles. The van der Waals surface area contributed by atoms with E-state index < -0.39 is 0 Å². The van der Waals surface area contributed by atoms with Gasteiger partial charge in [-0.05, 0) is 37.1 Å². The van der Waals surface area contributed by atoms with Crippen LogP contribution >= 0.6 is 0 Å². The fraction of sp³-hybridized carbons (Fsp3) is 0.440. The molecule has 0 saturated carbocycles. The number of benzene rings is 2. The topological polar surface area (TPSA) is 55.7 Å². The highest BCUT2D eigenvalue weighted by Gasteiger charge is 2.32. The first kappa shape index (κ1) is 20.8. The van der Waals surface area contributed by atoms with Crippen molar-refractivity contribution < 1.29 is 9.47 Å². The highest BCUT2D eigenvalue weighted by atomic mass is 16.5. The van der Waals surface area contributed by atoms with E-state index in [0.717, 1.165) is 37.0 Å². The smallest absolute Gasteiger partial charge is 0.227 e. The zero-order valence-corrected chi connectivity index (χ0v) is 18.9. The number of anilines is 1. The first-order chi connectivity index (χ1) is 15.8. The Kier molecular flexibility index (Phi) is 5.99. The maximum Gasteiger partial charge on any atom is 0.227 e. The van der Waals surface area contributed by atoms with Crippen molar-refractivity contribution in [2.75, 3.05) is 45.3 Å². The molecule has 0 spiro atoms. The van der Waals surface area contributed by atoms with Gasteiger partial charge in [0.05, 0.1) is 26.3 Å². The molecule has 168 valence electrons. The molecule has 0 bridgehead atoms. The van der Waals surface area contributed by atoms with Crippen LogP contribution in [-0.4, -0.2) is 66.1 Å². The van der Waals surface area contributed by atoms with Gasteiger partial charge in [-0.3, -0.25) is 9.47 Å². The molecule has 0 radical (unpaired) electrons. The number of fused-ring (bicyclic) bond motifs is 1. The summed E-state index contributed by atoms with van der Waals surface area (Å²) in [6.45, 7) is 4.98. The molecule has 7 heteroatoms. The van der Waals surface area contributed by atoms with Gasteiger partial charge in [-0.1, -0.05) is 42.8 Å². The first-order valence-electron chi connectivity index (χ1n) is 11.5. The van der Waals surface area contributed by atoms with Crippen molar-refractivity contribution in [1.82, 2.24) is 19.7 Å². The van der Waals surface area contributed by atoms with Crippen LogP contribution in [-0.2, 0) is 6.54 Å². The first-order valence-corrected chi connectivity index (χ1v) is 11.5. The number of para-hydroxylation sites is 1. The van der Waals surface area contributed by atoms with Gasteiger partial charge in [0.15, 0.2) is 17.3 Å². The second-order valence-corrected chi connectivity index (χ2v) is 8.57. The largest absolute Gasteiger partial charge is 0.493 e. The van der Waals surface area contributed by atoms with E-state index in [-0.39, 0.29) is 0 Å². The summed E-state index contributed by atoms with van der Waals surface area (Å²) in [4.78, 5) is 5.06. The Morgan fingerprint density at radius 2 is 1.78 bits per heavy atom. The molecule has 2 saturated heterocycles. The number of aromatic nitrogens is 3. The Balaban J connectivity index is 1.56. The van der Waals surface area contributed by atoms with Gasteiger partial charge in [-0.25, -0.2) is 0 Å². The van der Waals surface area contributed by atoms with E-state index in [1.54, 1.807) is 14.2 Å². The molecule has 0 unspecified atom stereocenters. The predicted molar refractivity (Wildman–Crippen MR) is 126 cm³/mol. The van der Waals surface area contributed by atoms with Crippen molar-refractivity contribution >= 4 is 5.95 Å². The average molecular weight is 434 g/mol. The van der Waals surface area contributed by atoms with E-state index >= 15 is 0 Å². The van der Waals surface area contributed by atoms with Crippen molar-refractivity contribution in [3.63, 3.8) is 0 Å². The number of methoxy groups -OCH3 is 2. The zero-order valence-electron chi connectivity index (χ0n) is 18.9. The van der Waals surface area contributed by atoms with Gasteiger partial charge in [0.1, 0.15) is 0 Å². The Labute approximate surface area is 189 Å². The van der Waals surface area contributed by atoms with Crippen molar-refractivity contribution in [2.45, 2.75) is 31.8 Å².